The van der Waals surface area contributed by atoms with E-state index in [4.69, 9.17) is 9.72 Å². The number of benzene rings is 2. The minimum absolute atomic E-state index is 0.0581. The smallest absolute Gasteiger partial charge is 0.264 e. The van der Waals surface area contributed by atoms with Gasteiger partial charge in [-0.3, -0.25) is 4.79 Å². The molecule has 47 heavy (non-hydrogen) atoms. The summed E-state index contributed by atoms with van der Waals surface area (Å²) in [5.74, 6) is 0.995. The van der Waals surface area contributed by atoms with Crippen molar-refractivity contribution in [2.75, 3.05) is 22.8 Å². The molecule has 0 radical (unpaired) electrons. The fraction of sp³-hybridized carbons (Fsp3) is 0.389. The van der Waals surface area contributed by atoms with Gasteiger partial charge in [-0.2, -0.15) is 4.98 Å². The van der Waals surface area contributed by atoms with Crippen LogP contribution in [0.15, 0.2) is 71.8 Å². The largest absolute Gasteiger partial charge is 0.475 e. The number of fused-ring (bicyclic) bond motifs is 4. The van der Waals surface area contributed by atoms with E-state index in [0.29, 0.717) is 18.2 Å². The number of pyridine rings is 1. The van der Waals surface area contributed by atoms with E-state index >= 15 is 0 Å². The molecule has 4 aromatic rings. The van der Waals surface area contributed by atoms with Crippen LogP contribution in [0.25, 0.3) is 11.3 Å². The average molecular weight is 655 g/mol. The second-order valence-corrected chi connectivity index (χ2v) is 14.7. The van der Waals surface area contributed by atoms with Crippen molar-refractivity contribution < 1.29 is 17.9 Å². The quantitative estimate of drug-likeness (QED) is 0.254. The van der Waals surface area contributed by atoms with E-state index < -0.39 is 10.0 Å². The second kappa shape index (κ2) is 13.3. The number of sulfonamides is 1. The molecular formula is C36H42N6O4S. The van der Waals surface area contributed by atoms with Crippen LogP contribution in [0.1, 0.15) is 67.1 Å². The van der Waals surface area contributed by atoms with Crippen molar-refractivity contribution in [1.29, 1.82) is 0 Å². The summed E-state index contributed by atoms with van der Waals surface area (Å²) in [6.07, 6.45) is 4.78. The highest BCUT2D eigenvalue weighted by atomic mass is 32.2. The van der Waals surface area contributed by atoms with Crippen LogP contribution in [0, 0.1) is 19.8 Å². The molecule has 1 saturated heterocycles. The third kappa shape index (κ3) is 7.10. The Kier molecular flexibility index (Phi) is 9.18. The first-order chi connectivity index (χ1) is 22.5. The molecular weight excluding hydrogens is 613 g/mol. The summed E-state index contributed by atoms with van der Waals surface area (Å²) in [7, 11) is -4.14. The number of carbonyl (C=O) groups excluding carboxylic acids is 1. The van der Waals surface area contributed by atoms with Gasteiger partial charge in [0.1, 0.15) is 12.4 Å². The van der Waals surface area contributed by atoms with E-state index in [-0.39, 0.29) is 53.3 Å². The lowest BCUT2D eigenvalue weighted by molar-refractivity contribution is 0.0553. The number of rotatable bonds is 6. The fourth-order valence-corrected chi connectivity index (χ4v) is 7.55. The molecule has 4 bridgehead atoms. The Hall–Kier alpha value is -4.51. The first kappa shape index (κ1) is 32.4. The monoisotopic (exact) mass is 654 g/mol. The Morgan fingerprint density at radius 1 is 1.02 bits per heavy atom. The molecule has 2 aliphatic rings. The summed E-state index contributed by atoms with van der Waals surface area (Å²) >= 11 is 0. The second-order valence-electron chi connectivity index (χ2n) is 13.1. The molecule has 1 fully saturated rings. The molecule has 2 aromatic carbocycles. The molecule has 6 rings (SSSR count). The average Bonchev–Trinajstić information content (AvgIpc) is 3.47. The van der Waals surface area contributed by atoms with E-state index in [9.17, 15) is 13.2 Å². The number of aryl methyl sites for hydroxylation is 2. The van der Waals surface area contributed by atoms with Crippen LogP contribution in [0.5, 0.6) is 5.88 Å². The summed E-state index contributed by atoms with van der Waals surface area (Å²) < 4.78 is 36.2. The molecule has 10 nitrogen and oxygen atoms in total. The Morgan fingerprint density at radius 2 is 1.79 bits per heavy atom. The van der Waals surface area contributed by atoms with Gasteiger partial charge in [0.25, 0.3) is 15.9 Å². The number of ether oxygens (including phenoxy) is 1. The zero-order valence-corrected chi connectivity index (χ0v) is 28.4. The van der Waals surface area contributed by atoms with Crippen LogP contribution in [-0.2, 0) is 16.6 Å². The molecule has 2 atom stereocenters. The molecule has 0 unspecified atom stereocenters. The van der Waals surface area contributed by atoms with E-state index in [1.165, 1.54) is 12.1 Å². The van der Waals surface area contributed by atoms with Crippen LogP contribution < -0.4 is 14.4 Å². The molecule has 0 spiro atoms. The summed E-state index contributed by atoms with van der Waals surface area (Å²) in [5, 5.41) is 0. The Morgan fingerprint density at radius 3 is 2.47 bits per heavy atom. The van der Waals surface area contributed by atoms with Crippen LogP contribution in [0.2, 0.25) is 0 Å². The van der Waals surface area contributed by atoms with Gasteiger partial charge in [0.05, 0.1) is 16.6 Å². The molecule has 246 valence electrons. The molecule has 2 aliphatic heterocycles. The normalized spacial score (nSPS) is 19.4. The highest BCUT2D eigenvalue weighted by Crippen LogP contribution is 2.31. The molecule has 0 aliphatic carbocycles. The highest BCUT2D eigenvalue weighted by molar-refractivity contribution is 7.92. The van der Waals surface area contributed by atoms with Gasteiger partial charge in [-0.05, 0) is 86.9 Å². The zero-order chi connectivity index (χ0) is 33.3. The lowest BCUT2D eigenvalue weighted by atomic mass is 10.00. The van der Waals surface area contributed by atoms with Gasteiger partial charge < -0.3 is 14.5 Å². The number of anilines is 2. The predicted octanol–water partition coefficient (Wildman–Crippen LogP) is 6.39. The van der Waals surface area contributed by atoms with Crippen molar-refractivity contribution in [2.45, 2.75) is 77.4 Å². The van der Waals surface area contributed by atoms with Crippen LogP contribution in [-0.4, -0.2) is 59.4 Å². The van der Waals surface area contributed by atoms with Gasteiger partial charge in [-0.15, -0.1) is 0 Å². The van der Waals surface area contributed by atoms with E-state index in [2.05, 4.69) is 40.4 Å². The van der Waals surface area contributed by atoms with Gasteiger partial charge in [0.2, 0.25) is 11.8 Å². The summed E-state index contributed by atoms with van der Waals surface area (Å²) in [4.78, 5) is 32.2. The number of hydrogen-bond donors (Lipinski definition) is 1. The lowest BCUT2D eigenvalue weighted by Crippen LogP contribution is -2.44. The van der Waals surface area contributed by atoms with E-state index in [1.807, 2.05) is 50.4 Å². The van der Waals surface area contributed by atoms with E-state index in [1.54, 1.807) is 23.1 Å². The molecule has 2 aromatic heterocycles. The summed E-state index contributed by atoms with van der Waals surface area (Å²) in [6.45, 7) is 11.8. The van der Waals surface area contributed by atoms with Gasteiger partial charge in [-0.25, -0.2) is 23.1 Å². The van der Waals surface area contributed by atoms with E-state index in [0.717, 1.165) is 47.5 Å². The number of amides is 1. The molecule has 1 N–H and O–H groups in total. The SMILES string of the molecule is Cc1cccc(C)c1-c1cc2nc(n1)NS(=O)(=O)c1cccc(c1)C(=O)N(Cc1ccc(N3CCC[C@@H]3C)nc1)[C@H](CC(C)C)CO2. The molecule has 1 amide bonds. The molecule has 4 heterocycles. The first-order valence-corrected chi connectivity index (χ1v) is 17.7. The topological polar surface area (TPSA) is 118 Å². The van der Waals surface area contributed by atoms with Crippen LogP contribution in [0.4, 0.5) is 11.8 Å². The van der Waals surface area contributed by atoms with Gasteiger partial charge in [-0.1, -0.05) is 44.2 Å². The minimum Gasteiger partial charge on any atom is -0.475 e. The van der Waals surface area contributed by atoms with Gasteiger partial charge >= 0.3 is 0 Å². The van der Waals surface area contributed by atoms with Crippen molar-refractivity contribution in [1.82, 2.24) is 19.9 Å². The third-order valence-electron chi connectivity index (χ3n) is 8.93. The van der Waals surface area contributed by atoms with Crippen molar-refractivity contribution in [3.8, 4) is 17.1 Å². The molecule has 11 heteroatoms. The van der Waals surface area contributed by atoms with Crippen LogP contribution in [0.3, 0.4) is 0 Å². The maximum atomic E-state index is 14.3. The number of carbonyl (C=O) groups is 1. The van der Waals surface area contributed by atoms with Gasteiger partial charge in [0, 0.05) is 42.5 Å². The summed E-state index contributed by atoms with van der Waals surface area (Å²) in [6, 6.07) is 17.9. The van der Waals surface area contributed by atoms with Crippen LogP contribution >= 0.6 is 0 Å². The number of hydrogen-bond acceptors (Lipinski definition) is 8. The maximum Gasteiger partial charge on any atom is 0.264 e. The number of nitrogens with one attached hydrogen (secondary N) is 1. The maximum absolute atomic E-state index is 14.3. The molecule has 0 saturated carbocycles. The van der Waals surface area contributed by atoms with Crippen molar-refractivity contribution >= 4 is 27.7 Å². The standard InChI is InChI=1S/C36H42N6O4S/c1-23(2)17-29-22-46-33-19-31(34-24(3)9-6-10-25(34)4)38-36(39-33)40-47(44,45)30-13-7-12-28(18-30)35(43)42(29)21-27-14-15-32(37-20-27)41-16-8-11-26(41)5/h6-7,9-10,12-15,18-20,23,26,29H,8,11,16-17,21-22H2,1-5H3,(H,38,39,40)/t26-,29+/m0/s1. The van der Waals surface area contributed by atoms with Gasteiger partial charge in [0.15, 0.2) is 0 Å². The lowest BCUT2D eigenvalue weighted by Gasteiger charge is -2.33. The number of nitrogens with zero attached hydrogens (tertiary/aromatic N) is 5. The van der Waals surface area contributed by atoms with Crippen molar-refractivity contribution in [3.05, 3.63) is 89.1 Å². The Balaban J connectivity index is 1.43. The zero-order valence-electron chi connectivity index (χ0n) is 27.6. The minimum atomic E-state index is -4.14. The highest BCUT2D eigenvalue weighted by Gasteiger charge is 2.30. The first-order valence-electron chi connectivity index (χ1n) is 16.2. The Bertz CT molecular complexity index is 1860. The predicted molar refractivity (Wildman–Crippen MR) is 183 cm³/mol. The fourth-order valence-electron chi connectivity index (χ4n) is 6.56. The third-order valence-corrected chi connectivity index (χ3v) is 10.3. The summed E-state index contributed by atoms with van der Waals surface area (Å²) in [5.41, 5.74) is 4.53. The Labute approximate surface area is 277 Å². The van der Waals surface area contributed by atoms with Crippen molar-refractivity contribution in [3.63, 3.8) is 0 Å². The van der Waals surface area contributed by atoms with Crippen molar-refractivity contribution in [2.24, 2.45) is 5.92 Å². The number of aromatic nitrogens is 3.